The molecule has 0 saturated heterocycles. The van der Waals surface area contributed by atoms with E-state index in [2.05, 4.69) is 0 Å². The zero-order valence-corrected chi connectivity index (χ0v) is 14.7. The van der Waals surface area contributed by atoms with Crippen LogP contribution in [0.4, 0.5) is 5.69 Å². The number of ether oxygens (including phenoxy) is 2. The molecule has 0 saturated carbocycles. The number of carbonyl (C=O) groups excluding carboxylic acids is 1. The smallest absolute Gasteiger partial charge is 0.331 e. The van der Waals surface area contributed by atoms with Gasteiger partial charge < -0.3 is 15.2 Å². The fraction of sp³-hybridized carbons (Fsp3) is 0.471. The van der Waals surface area contributed by atoms with Crippen LogP contribution >= 0.6 is 11.6 Å². The van der Waals surface area contributed by atoms with Crippen LogP contribution < -0.4 is 5.73 Å². The summed E-state index contributed by atoms with van der Waals surface area (Å²) in [4.78, 5) is 12.1. The van der Waals surface area contributed by atoms with E-state index in [1.54, 1.807) is 25.3 Å². The molecule has 0 spiro atoms. The maximum Gasteiger partial charge on any atom is 0.331 e. The van der Waals surface area contributed by atoms with E-state index < -0.39 is 17.2 Å². The molecule has 0 heterocycles. The minimum Gasteiger partial charge on any atom is -0.457 e. The maximum absolute atomic E-state index is 12.1. The quantitative estimate of drug-likeness (QED) is 0.515. The summed E-state index contributed by atoms with van der Waals surface area (Å²) in [5, 5.41) is 0.468. The second-order valence-electron chi connectivity index (χ2n) is 6.54. The summed E-state index contributed by atoms with van der Waals surface area (Å²) in [6, 6.07) is 5.22. The van der Waals surface area contributed by atoms with E-state index in [0.29, 0.717) is 16.3 Å². The molecule has 2 N–H and O–H groups in total. The molecule has 0 aliphatic rings. The van der Waals surface area contributed by atoms with Gasteiger partial charge in [-0.15, -0.1) is 0 Å². The summed E-state index contributed by atoms with van der Waals surface area (Å²) in [6.07, 6.45) is 1.44. The fourth-order valence-electron chi connectivity index (χ4n) is 1.88. The molecular formula is C17H24ClNO3. The Morgan fingerprint density at radius 3 is 2.27 bits per heavy atom. The highest BCUT2D eigenvalue weighted by Gasteiger charge is 2.26. The lowest BCUT2D eigenvalue weighted by atomic mass is 9.90. The van der Waals surface area contributed by atoms with E-state index in [-0.39, 0.29) is 0 Å². The van der Waals surface area contributed by atoms with Crippen LogP contribution in [0.5, 0.6) is 0 Å². The standard InChI is InChI=1S/C17H24ClNO3/c1-16(2,3)22-15(20)10-12(17(4,5)21-6)11-7-8-13(18)14(19)9-11/h7-10H,19H2,1-6H3/b12-10+. The number of nitrogens with two attached hydrogens (primary N) is 1. The molecule has 0 radical (unpaired) electrons. The van der Waals surface area contributed by atoms with Crippen LogP contribution in [0.3, 0.4) is 0 Å². The molecule has 1 aromatic rings. The topological polar surface area (TPSA) is 61.5 Å². The minimum absolute atomic E-state index is 0.429. The van der Waals surface area contributed by atoms with Gasteiger partial charge in [0.25, 0.3) is 0 Å². The first kappa shape index (κ1) is 18.5. The highest BCUT2D eigenvalue weighted by Crippen LogP contribution is 2.33. The normalized spacial score (nSPS) is 13.1. The van der Waals surface area contributed by atoms with E-state index in [1.165, 1.54) is 6.08 Å². The Bertz CT molecular complexity index is 586. The molecule has 0 aromatic heterocycles. The number of nitrogen functional groups attached to an aromatic ring is 1. The van der Waals surface area contributed by atoms with Crippen LogP contribution in [0, 0.1) is 0 Å². The van der Waals surface area contributed by atoms with Crippen LogP contribution in [0.2, 0.25) is 5.02 Å². The average Bonchev–Trinajstić information content (AvgIpc) is 2.37. The number of esters is 1. The van der Waals surface area contributed by atoms with Gasteiger partial charge >= 0.3 is 5.97 Å². The van der Waals surface area contributed by atoms with Crippen molar-refractivity contribution < 1.29 is 14.3 Å². The molecule has 1 rings (SSSR count). The number of anilines is 1. The highest BCUT2D eigenvalue weighted by atomic mass is 35.5. The minimum atomic E-state index is -0.683. The number of methoxy groups -OCH3 is 1. The Labute approximate surface area is 137 Å². The molecule has 0 bridgehead atoms. The molecule has 0 unspecified atom stereocenters. The van der Waals surface area contributed by atoms with Crippen molar-refractivity contribution in [3.05, 3.63) is 34.9 Å². The van der Waals surface area contributed by atoms with Gasteiger partial charge in [-0.05, 0) is 57.9 Å². The molecule has 22 heavy (non-hydrogen) atoms. The Balaban J connectivity index is 3.30. The van der Waals surface area contributed by atoms with Crippen molar-refractivity contribution in [1.29, 1.82) is 0 Å². The monoisotopic (exact) mass is 325 g/mol. The van der Waals surface area contributed by atoms with Gasteiger partial charge in [-0.2, -0.15) is 0 Å². The lowest BCUT2D eigenvalue weighted by molar-refractivity contribution is -0.148. The Morgan fingerprint density at radius 1 is 1.23 bits per heavy atom. The average molecular weight is 326 g/mol. The lowest BCUT2D eigenvalue weighted by Crippen LogP contribution is -2.27. The summed E-state index contributed by atoms with van der Waals surface area (Å²) in [6.45, 7) is 9.20. The van der Waals surface area contributed by atoms with Gasteiger partial charge in [0, 0.05) is 13.2 Å². The van der Waals surface area contributed by atoms with Crippen molar-refractivity contribution >= 4 is 28.8 Å². The van der Waals surface area contributed by atoms with Crippen molar-refractivity contribution in [3.8, 4) is 0 Å². The first-order valence-corrected chi connectivity index (χ1v) is 7.40. The van der Waals surface area contributed by atoms with Crippen LogP contribution in [0.1, 0.15) is 40.2 Å². The molecule has 122 valence electrons. The Kier molecular flexibility index (Phi) is 5.65. The molecule has 4 nitrogen and oxygen atoms in total. The van der Waals surface area contributed by atoms with Crippen molar-refractivity contribution in [2.75, 3.05) is 12.8 Å². The van der Waals surface area contributed by atoms with Crippen molar-refractivity contribution in [2.45, 2.75) is 45.8 Å². The van der Waals surface area contributed by atoms with Crippen LogP contribution in [-0.4, -0.2) is 24.3 Å². The summed E-state index contributed by atoms with van der Waals surface area (Å²) < 4.78 is 10.9. The van der Waals surface area contributed by atoms with Crippen molar-refractivity contribution in [3.63, 3.8) is 0 Å². The predicted molar refractivity (Wildman–Crippen MR) is 90.8 cm³/mol. The van der Waals surface area contributed by atoms with E-state index >= 15 is 0 Å². The number of halogens is 1. The van der Waals surface area contributed by atoms with Gasteiger partial charge in [-0.3, -0.25) is 0 Å². The zero-order chi connectivity index (χ0) is 17.1. The van der Waals surface area contributed by atoms with E-state index in [4.69, 9.17) is 26.8 Å². The Morgan fingerprint density at radius 2 is 1.82 bits per heavy atom. The second kappa shape index (κ2) is 6.71. The van der Waals surface area contributed by atoms with Crippen LogP contribution in [-0.2, 0) is 14.3 Å². The van der Waals surface area contributed by atoms with Crippen molar-refractivity contribution in [2.24, 2.45) is 0 Å². The Hall–Kier alpha value is -1.52. The third-order valence-electron chi connectivity index (χ3n) is 3.13. The maximum atomic E-state index is 12.1. The molecule has 0 aliphatic heterocycles. The van der Waals surface area contributed by atoms with Crippen LogP contribution in [0.15, 0.2) is 24.3 Å². The number of rotatable bonds is 4. The molecule has 5 heteroatoms. The summed E-state index contributed by atoms with van der Waals surface area (Å²) in [5.41, 5.74) is 6.50. The first-order valence-electron chi connectivity index (χ1n) is 7.02. The molecule has 1 aromatic carbocycles. The van der Waals surface area contributed by atoms with Gasteiger partial charge in [0.05, 0.1) is 16.3 Å². The first-order chi connectivity index (χ1) is 9.96. The fourth-order valence-corrected chi connectivity index (χ4v) is 1.99. The van der Waals surface area contributed by atoms with Crippen LogP contribution in [0.25, 0.3) is 5.57 Å². The van der Waals surface area contributed by atoms with Gasteiger partial charge in [-0.1, -0.05) is 17.7 Å². The molecule has 0 atom stereocenters. The molecular weight excluding hydrogens is 302 g/mol. The van der Waals surface area contributed by atoms with Gasteiger partial charge in [-0.25, -0.2) is 4.79 Å². The number of hydrogen-bond donors (Lipinski definition) is 1. The largest absolute Gasteiger partial charge is 0.457 e. The molecule has 0 fully saturated rings. The second-order valence-corrected chi connectivity index (χ2v) is 6.95. The number of benzene rings is 1. The van der Waals surface area contributed by atoms with Gasteiger partial charge in [0.1, 0.15) is 5.60 Å². The zero-order valence-electron chi connectivity index (χ0n) is 14.0. The summed E-state index contributed by atoms with van der Waals surface area (Å²) in [7, 11) is 1.59. The molecule has 0 amide bonds. The van der Waals surface area contributed by atoms with E-state index in [9.17, 15) is 4.79 Å². The number of carbonyl (C=O) groups is 1. The van der Waals surface area contributed by atoms with Gasteiger partial charge in [0.2, 0.25) is 0 Å². The lowest BCUT2D eigenvalue weighted by Gasteiger charge is -2.28. The third kappa shape index (κ3) is 5.04. The van der Waals surface area contributed by atoms with E-state index in [0.717, 1.165) is 5.56 Å². The summed E-state index contributed by atoms with van der Waals surface area (Å²) >= 11 is 5.96. The SMILES string of the molecule is COC(C)(C)/C(=C/C(=O)OC(C)(C)C)c1ccc(Cl)c(N)c1. The summed E-state index contributed by atoms with van der Waals surface area (Å²) in [5.74, 6) is -0.429. The van der Waals surface area contributed by atoms with Gasteiger partial charge in [0.15, 0.2) is 0 Å². The third-order valence-corrected chi connectivity index (χ3v) is 3.48. The predicted octanol–water partition coefficient (Wildman–Crippen LogP) is 4.07. The number of hydrogen-bond acceptors (Lipinski definition) is 4. The highest BCUT2D eigenvalue weighted by molar-refractivity contribution is 6.33. The molecule has 0 aliphatic carbocycles. The van der Waals surface area contributed by atoms with E-state index in [1.807, 2.05) is 34.6 Å². The van der Waals surface area contributed by atoms with Crippen molar-refractivity contribution in [1.82, 2.24) is 0 Å².